The zero-order chi connectivity index (χ0) is 18.8. The van der Waals surface area contributed by atoms with E-state index in [1.165, 1.54) is 11.3 Å². The first-order valence-electron chi connectivity index (χ1n) is 8.76. The smallest absolute Gasteiger partial charge is 0.274 e. The van der Waals surface area contributed by atoms with Crippen molar-refractivity contribution in [3.05, 3.63) is 53.6 Å². The van der Waals surface area contributed by atoms with Crippen molar-refractivity contribution in [1.29, 1.82) is 0 Å². The number of carbonyl (C=O) groups excluding carboxylic acids is 1. The number of rotatable bonds is 4. The van der Waals surface area contributed by atoms with Gasteiger partial charge in [-0.2, -0.15) is 0 Å². The first kappa shape index (κ1) is 23.2. The van der Waals surface area contributed by atoms with Crippen LogP contribution in [0.1, 0.15) is 22.4 Å². The molecule has 1 atom stereocenters. The van der Waals surface area contributed by atoms with Crippen LogP contribution in [0.2, 0.25) is 0 Å². The van der Waals surface area contributed by atoms with Gasteiger partial charge in [-0.25, -0.2) is 9.97 Å². The molecule has 0 spiro atoms. The van der Waals surface area contributed by atoms with Crippen LogP contribution in [0.5, 0.6) is 5.75 Å². The molecule has 1 fully saturated rings. The highest BCUT2D eigenvalue weighted by Crippen LogP contribution is 2.28. The minimum Gasteiger partial charge on any atom is -0.497 e. The third-order valence-electron chi connectivity index (χ3n) is 4.72. The van der Waals surface area contributed by atoms with E-state index in [1.54, 1.807) is 13.3 Å². The Morgan fingerprint density at radius 2 is 2.03 bits per heavy atom. The summed E-state index contributed by atoms with van der Waals surface area (Å²) in [7, 11) is 3.59. The predicted molar refractivity (Wildman–Crippen MR) is 118 cm³/mol. The van der Waals surface area contributed by atoms with E-state index in [-0.39, 0.29) is 36.8 Å². The van der Waals surface area contributed by atoms with Gasteiger partial charge in [0.05, 0.1) is 7.11 Å². The number of aromatic nitrogens is 3. The molecule has 0 bridgehead atoms. The van der Waals surface area contributed by atoms with E-state index in [4.69, 9.17) is 4.74 Å². The average Bonchev–Trinajstić information content (AvgIpc) is 3.37. The molecule has 7 nitrogen and oxygen atoms in total. The molecule has 3 heterocycles. The Morgan fingerprint density at radius 1 is 1.28 bits per heavy atom. The first-order valence-corrected chi connectivity index (χ1v) is 9.64. The molecule has 1 aromatic carbocycles. The second kappa shape index (κ2) is 10.1. The minimum atomic E-state index is -0.0996. The highest BCUT2D eigenvalue weighted by molar-refractivity contribution is 7.13. The van der Waals surface area contributed by atoms with Gasteiger partial charge in [-0.15, -0.1) is 36.2 Å². The van der Waals surface area contributed by atoms with E-state index >= 15 is 0 Å². The largest absolute Gasteiger partial charge is 0.497 e. The standard InChI is InChI=1S/C19H21N5O2S.2ClH/c1-23-9-8-21-17(23)16-11-20-7-10-24(16)19(25)15-12-27-18(22-15)13-3-5-14(26-2)6-4-13;;/h3-6,8-9,12,16,20H,7,10-11H2,1-2H3;2*1H. The van der Waals surface area contributed by atoms with E-state index in [9.17, 15) is 4.79 Å². The van der Waals surface area contributed by atoms with E-state index < -0.39 is 0 Å². The molecular weight excluding hydrogens is 433 g/mol. The number of carbonyl (C=O) groups is 1. The molecule has 1 saturated heterocycles. The van der Waals surface area contributed by atoms with Crippen molar-refractivity contribution in [3.8, 4) is 16.3 Å². The third-order valence-corrected chi connectivity index (χ3v) is 5.61. The molecule has 1 aliphatic heterocycles. The van der Waals surface area contributed by atoms with Crippen molar-refractivity contribution in [2.45, 2.75) is 6.04 Å². The summed E-state index contributed by atoms with van der Waals surface area (Å²) in [6, 6.07) is 7.59. The lowest BCUT2D eigenvalue weighted by Crippen LogP contribution is -2.49. The van der Waals surface area contributed by atoms with Crippen LogP contribution in [0, 0.1) is 0 Å². The number of nitrogens with zero attached hydrogens (tertiary/aromatic N) is 4. The fourth-order valence-electron chi connectivity index (χ4n) is 3.26. The van der Waals surface area contributed by atoms with E-state index in [0.717, 1.165) is 28.7 Å². The van der Waals surface area contributed by atoms with Crippen molar-refractivity contribution in [1.82, 2.24) is 24.8 Å². The maximum Gasteiger partial charge on any atom is 0.274 e. The highest BCUT2D eigenvalue weighted by Gasteiger charge is 2.32. The Morgan fingerprint density at radius 3 is 2.69 bits per heavy atom. The molecule has 1 unspecified atom stereocenters. The normalized spacial score (nSPS) is 15.9. The molecule has 156 valence electrons. The molecule has 0 radical (unpaired) electrons. The molecule has 0 saturated carbocycles. The number of piperazine rings is 1. The number of benzene rings is 1. The monoisotopic (exact) mass is 455 g/mol. The van der Waals surface area contributed by atoms with Gasteiger partial charge >= 0.3 is 0 Å². The summed E-state index contributed by atoms with van der Waals surface area (Å²) < 4.78 is 7.15. The van der Waals surface area contributed by atoms with Crippen molar-refractivity contribution >= 4 is 42.1 Å². The quantitative estimate of drug-likeness (QED) is 0.653. The molecule has 1 N–H and O–H groups in total. The Balaban J connectivity index is 0.00000150. The van der Waals surface area contributed by atoms with E-state index in [1.807, 2.05) is 52.4 Å². The lowest BCUT2D eigenvalue weighted by Gasteiger charge is -2.35. The number of hydrogen-bond acceptors (Lipinski definition) is 6. The van der Waals surface area contributed by atoms with Gasteiger partial charge in [-0.3, -0.25) is 4.79 Å². The van der Waals surface area contributed by atoms with Gasteiger partial charge in [0.2, 0.25) is 0 Å². The maximum atomic E-state index is 13.1. The number of hydrogen-bond donors (Lipinski definition) is 1. The van der Waals surface area contributed by atoms with Gasteiger partial charge in [0.15, 0.2) is 0 Å². The number of methoxy groups -OCH3 is 1. The zero-order valence-corrected chi connectivity index (χ0v) is 18.5. The summed E-state index contributed by atoms with van der Waals surface area (Å²) in [6.45, 7) is 2.08. The molecule has 4 rings (SSSR count). The van der Waals surface area contributed by atoms with Crippen LogP contribution in [-0.2, 0) is 7.05 Å². The Kier molecular flexibility index (Phi) is 8.04. The Hall–Kier alpha value is -2.13. The van der Waals surface area contributed by atoms with Crippen molar-refractivity contribution in [3.63, 3.8) is 0 Å². The fraction of sp³-hybridized carbons (Fsp3) is 0.316. The van der Waals surface area contributed by atoms with Crippen LogP contribution < -0.4 is 10.1 Å². The zero-order valence-electron chi connectivity index (χ0n) is 16.1. The summed E-state index contributed by atoms with van der Waals surface area (Å²) in [5.41, 5.74) is 1.45. The lowest BCUT2D eigenvalue weighted by atomic mass is 10.1. The van der Waals surface area contributed by atoms with Crippen LogP contribution in [0.4, 0.5) is 0 Å². The average molecular weight is 456 g/mol. The summed E-state index contributed by atoms with van der Waals surface area (Å²) in [5, 5.41) is 6.01. The van der Waals surface area contributed by atoms with Crippen LogP contribution in [0.3, 0.4) is 0 Å². The number of aryl methyl sites for hydroxylation is 1. The van der Waals surface area contributed by atoms with Gasteiger partial charge in [-0.05, 0) is 24.3 Å². The van der Waals surface area contributed by atoms with Gasteiger partial charge in [0.25, 0.3) is 5.91 Å². The third kappa shape index (κ3) is 4.72. The van der Waals surface area contributed by atoms with Crippen LogP contribution >= 0.6 is 36.2 Å². The summed E-state index contributed by atoms with van der Waals surface area (Å²) in [5.74, 6) is 1.62. The number of imidazole rings is 1. The van der Waals surface area contributed by atoms with E-state index in [0.29, 0.717) is 18.8 Å². The Bertz CT molecular complexity index is 944. The topological polar surface area (TPSA) is 72.3 Å². The lowest BCUT2D eigenvalue weighted by molar-refractivity contribution is 0.0615. The maximum absolute atomic E-state index is 13.1. The van der Waals surface area contributed by atoms with Gasteiger partial charge in [-0.1, -0.05) is 0 Å². The minimum absolute atomic E-state index is 0. The summed E-state index contributed by atoms with van der Waals surface area (Å²) in [6.07, 6.45) is 3.66. The molecule has 29 heavy (non-hydrogen) atoms. The number of thiazole rings is 1. The Labute approximate surface area is 185 Å². The SMILES string of the molecule is COc1ccc(-c2nc(C(=O)N3CCNCC3c3nccn3C)cs2)cc1.Cl.Cl. The molecular formula is C19H23Cl2N5O2S. The number of nitrogens with one attached hydrogen (secondary N) is 1. The molecule has 1 aliphatic rings. The highest BCUT2D eigenvalue weighted by atomic mass is 35.5. The van der Waals surface area contributed by atoms with Gasteiger partial charge < -0.3 is 19.5 Å². The molecule has 3 aromatic rings. The number of amides is 1. The second-order valence-electron chi connectivity index (χ2n) is 6.38. The second-order valence-corrected chi connectivity index (χ2v) is 7.24. The molecule has 2 aromatic heterocycles. The number of halogens is 2. The van der Waals surface area contributed by atoms with Crippen molar-refractivity contribution in [2.75, 3.05) is 26.7 Å². The summed E-state index contributed by atoms with van der Waals surface area (Å²) >= 11 is 1.47. The predicted octanol–water partition coefficient (Wildman–Crippen LogP) is 3.18. The molecule has 1 amide bonds. The first-order chi connectivity index (χ1) is 13.2. The molecule has 0 aliphatic carbocycles. The van der Waals surface area contributed by atoms with Crippen LogP contribution in [0.25, 0.3) is 10.6 Å². The van der Waals surface area contributed by atoms with Gasteiger partial charge in [0.1, 0.15) is 28.3 Å². The summed E-state index contributed by atoms with van der Waals surface area (Å²) in [4.78, 5) is 24.0. The van der Waals surface area contributed by atoms with E-state index in [2.05, 4.69) is 15.3 Å². The van der Waals surface area contributed by atoms with Crippen LogP contribution in [0.15, 0.2) is 42.0 Å². The fourth-order valence-corrected chi connectivity index (χ4v) is 4.06. The van der Waals surface area contributed by atoms with Gasteiger partial charge in [0, 0.05) is 50.0 Å². The van der Waals surface area contributed by atoms with Crippen molar-refractivity contribution in [2.24, 2.45) is 7.05 Å². The van der Waals surface area contributed by atoms with Crippen LogP contribution in [-0.4, -0.2) is 52.1 Å². The van der Waals surface area contributed by atoms with Crippen molar-refractivity contribution < 1.29 is 9.53 Å². The molecule has 10 heteroatoms. The number of ether oxygens (including phenoxy) is 1.